The van der Waals surface area contributed by atoms with Crippen LogP contribution in [0.2, 0.25) is 0 Å². The summed E-state index contributed by atoms with van der Waals surface area (Å²) in [5, 5.41) is 0. The summed E-state index contributed by atoms with van der Waals surface area (Å²) in [6.45, 7) is 0. The summed E-state index contributed by atoms with van der Waals surface area (Å²) in [5.41, 5.74) is 0.389. The van der Waals surface area contributed by atoms with Gasteiger partial charge in [-0.3, -0.25) is 4.79 Å². The van der Waals surface area contributed by atoms with Crippen LogP contribution in [-0.4, -0.2) is 24.6 Å². The molecule has 1 aromatic carbocycles. The van der Waals surface area contributed by atoms with Gasteiger partial charge in [-0.1, -0.05) is 46.3 Å². The molecule has 0 aliphatic carbocycles. The summed E-state index contributed by atoms with van der Waals surface area (Å²) < 4.78 is 21.0. The molecule has 14 heavy (non-hydrogen) atoms. The molecule has 1 rings (SSSR count). The summed E-state index contributed by atoms with van der Waals surface area (Å²) in [7, 11) is -3.38. The molecule has 0 aliphatic heterocycles. The number of hydrogen-bond donors (Lipinski definition) is 0. The fourth-order valence-corrected chi connectivity index (χ4v) is 1.72. The molecule has 0 aliphatic rings. The van der Waals surface area contributed by atoms with Crippen molar-refractivity contribution < 1.29 is 13.2 Å². The topological polar surface area (TPSA) is 51.2 Å². The molecule has 5 heteroatoms. The van der Waals surface area contributed by atoms with Crippen LogP contribution >= 0.6 is 15.9 Å². The number of rotatable bonds is 3. The van der Waals surface area contributed by atoms with Gasteiger partial charge in [-0.2, -0.15) is 0 Å². The second-order valence-electron chi connectivity index (χ2n) is 2.88. The van der Waals surface area contributed by atoms with Crippen molar-refractivity contribution in [2.45, 2.75) is 4.16 Å². The average Bonchev–Trinajstić information content (AvgIpc) is 2.15. The first-order valence-electron chi connectivity index (χ1n) is 3.85. The minimum absolute atomic E-state index is 0.389. The highest BCUT2D eigenvalue weighted by Crippen LogP contribution is 2.14. The third-order valence-corrected chi connectivity index (χ3v) is 5.06. The molecule has 0 heterocycles. The number of carbonyl (C=O) groups excluding carboxylic acids is 1. The van der Waals surface area contributed by atoms with Crippen molar-refractivity contribution >= 4 is 31.6 Å². The Morgan fingerprint density at radius 2 is 1.79 bits per heavy atom. The van der Waals surface area contributed by atoms with Crippen molar-refractivity contribution in [1.82, 2.24) is 0 Å². The van der Waals surface area contributed by atoms with Crippen LogP contribution in [-0.2, 0) is 9.84 Å². The summed E-state index contributed by atoms with van der Waals surface area (Å²) in [5.74, 6) is -0.437. The van der Waals surface area contributed by atoms with E-state index in [2.05, 4.69) is 15.9 Å². The highest BCUT2D eigenvalue weighted by atomic mass is 79.9. The van der Waals surface area contributed by atoms with E-state index in [1.807, 2.05) is 0 Å². The first kappa shape index (κ1) is 11.4. The molecule has 0 aromatic heterocycles. The van der Waals surface area contributed by atoms with Gasteiger partial charge in [0.1, 0.15) is 0 Å². The van der Waals surface area contributed by atoms with Gasteiger partial charge >= 0.3 is 0 Å². The molecule has 0 fully saturated rings. The summed E-state index contributed by atoms with van der Waals surface area (Å²) in [6, 6.07) is 8.31. The second-order valence-corrected chi connectivity index (χ2v) is 6.53. The molecule has 0 spiro atoms. The molecule has 0 N–H and O–H groups in total. The number of halogens is 1. The third kappa shape index (κ3) is 2.65. The Kier molecular flexibility index (Phi) is 3.44. The number of ketones is 1. The highest BCUT2D eigenvalue weighted by molar-refractivity contribution is 9.11. The predicted octanol–water partition coefficient (Wildman–Crippen LogP) is 1.63. The first-order chi connectivity index (χ1) is 6.43. The first-order valence-corrected chi connectivity index (χ1v) is 6.72. The Balaban J connectivity index is 2.99. The van der Waals surface area contributed by atoms with Crippen molar-refractivity contribution in [3.05, 3.63) is 35.9 Å². The zero-order chi connectivity index (χ0) is 10.8. The van der Waals surface area contributed by atoms with Gasteiger partial charge in [0.2, 0.25) is 0 Å². The van der Waals surface area contributed by atoms with Crippen LogP contribution in [0, 0.1) is 0 Å². The Bertz CT molecular complexity index is 425. The van der Waals surface area contributed by atoms with Crippen LogP contribution in [0.25, 0.3) is 0 Å². The standard InChI is InChI=1S/C9H9BrO3S/c1-14(12,13)9(10)8(11)7-5-3-2-4-6-7/h2-6,9H,1H3/t9-/m0/s1. The van der Waals surface area contributed by atoms with Gasteiger partial charge < -0.3 is 0 Å². The van der Waals surface area contributed by atoms with E-state index in [9.17, 15) is 13.2 Å². The average molecular weight is 277 g/mol. The molecule has 0 radical (unpaired) electrons. The summed E-state index contributed by atoms with van der Waals surface area (Å²) >= 11 is 2.86. The number of hydrogen-bond acceptors (Lipinski definition) is 3. The maximum Gasteiger partial charge on any atom is 0.191 e. The second kappa shape index (κ2) is 4.23. The number of Topliss-reactive ketones (excluding diaryl/α,β-unsaturated/α-hetero) is 1. The smallest absolute Gasteiger partial charge is 0.191 e. The van der Waals surface area contributed by atoms with Crippen molar-refractivity contribution in [2.75, 3.05) is 6.26 Å². The Labute approximate surface area is 91.2 Å². The molecule has 0 saturated heterocycles. The van der Waals surface area contributed by atoms with Crippen molar-refractivity contribution in [2.24, 2.45) is 0 Å². The monoisotopic (exact) mass is 276 g/mol. The van der Waals surface area contributed by atoms with Crippen molar-refractivity contribution in [1.29, 1.82) is 0 Å². The van der Waals surface area contributed by atoms with Crippen molar-refractivity contribution in [3.8, 4) is 0 Å². The number of sulfone groups is 1. The number of carbonyl (C=O) groups is 1. The molecule has 1 aromatic rings. The van der Waals surface area contributed by atoms with Crippen molar-refractivity contribution in [3.63, 3.8) is 0 Å². The summed E-state index contributed by atoms with van der Waals surface area (Å²) in [4.78, 5) is 11.6. The van der Waals surface area contributed by atoms with E-state index < -0.39 is 19.8 Å². The molecule has 0 unspecified atom stereocenters. The highest BCUT2D eigenvalue weighted by Gasteiger charge is 2.26. The molecule has 0 bridgehead atoms. The van der Waals surface area contributed by atoms with E-state index in [0.29, 0.717) is 5.56 Å². The molecule has 1 atom stereocenters. The molecule has 3 nitrogen and oxygen atoms in total. The Morgan fingerprint density at radius 1 is 1.29 bits per heavy atom. The van der Waals surface area contributed by atoms with Crippen LogP contribution in [0.15, 0.2) is 30.3 Å². The zero-order valence-corrected chi connectivity index (χ0v) is 9.88. The van der Waals surface area contributed by atoms with E-state index in [-0.39, 0.29) is 0 Å². The lowest BCUT2D eigenvalue weighted by Gasteiger charge is -2.05. The lowest BCUT2D eigenvalue weighted by atomic mass is 10.2. The van der Waals surface area contributed by atoms with E-state index >= 15 is 0 Å². The van der Waals surface area contributed by atoms with Gasteiger partial charge in [0.05, 0.1) is 0 Å². The largest absolute Gasteiger partial charge is 0.292 e. The molecule has 76 valence electrons. The molecule has 0 amide bonds. The maximum atomic E-state index is 11.6. The van der Waals surface area contributed by atoms with Crippen LogP contribution < -0.4 is 0 Å². The van der Waals surface area contributed by atoms with Gasteiger partial charge in [-0.25, -0.2) is 8.42 Å². The van der Waals surface area contributed by atoms with E-state index in [1.165, 1.54) is 0 Å². The normalized spacial score (nSPS) is 13.6. The Morgan fingerprint density at radius 3 is 2.21 bits per heavy atom. The number of alkyl halides is 1. The molecule has 0 saturated carbocycles. The Hall–Kier alpha value is -0.680. The minimum atomic E-state index is -3.38. The van der Waals surface area contributed by atoms with Crippen LogP contribution in [0.5, 0.6) is 0 Å². The zero-order valence-electron chi connectivity index (χ0n) is 7.48. The lowest BCUT2D eigenvalue weighted by Crippen LogP contribution is -2.23. The van der Waals surface area contributed by atoms with Gasteiger partial charge in [0.25, 0.3) is 0 Å². The van der Waals surface area contributed by atoms with Crippen LogP contribution in [0.3, 0.4) is 0 Å². The van der Waals surface area contributed by atoms with Gasteiger partial charge in [-0.15, -0.1) is 0 Å². The van der Waals surface area contributed by atoms with Gasteiger partial charge in [-0.05, 0) is 0 Å². The lowest BCUT2D eigenvalue weighted by molar-refractivity contribution is 0.101. The molecular formula is C9H9BrO3S. The quantitative estimate of drug-likeness (QED) is 0.623. The van der Waals surface area contributed by atoms with E-state index in [0.717, 1.165) is 6.26 Å². The summed E-state index contributed by atoms with van der Waals surface area (Å²) in [6.07, 6.45) is 1.02. The fourth-order valence-electron chi connectivity index (χ4n) is 0.928. The SMILES string of the molecule is CS(=O)(=O)[C@H](Br)C(=O)c1ccccc1. The van der Waals surface area contributed by atoms with Crippen LogP contribution in [0.4, 0.5) is 0 Å². The maximum absolute atomic E-state index is 11.6. The minimum Gasteiger partial charge on any atom is -0.292 e. The third-order valence-electron chi connectivity index (χ3n) is 1.64. The molecular weight excluding hydrogens is 268 g/mol. The van der Waals surface area contributed by atoms with Crippen LogP contribution in [0.1, 0.15) is 10.4 Å². The van der Waals surface area contributed by atoms with E-state index in [4.69, 9.17) is 0 Å². The fraction of sp³-hybridized carbons (Fsp3) is 0.222. The predicted molar refractivity (Wildman–Crippen MR) is 58.3 cm³/mol. The van der Waals surface area contributed by atoms with E-state index in [1.54, 1.807) is 30.3 Å². The van der Waals surface area contributed by atoms with Gasteiger partial charge in [0, 0.05) is 11.8 Å². The van der Waals surface area contributed by atoms with Gasteiger partial charge in [0.15, 0.2) is 19.8 Å². The number of benzene rings is 1.